The molecule has 0 aliphatic heterocycles. The molecular formula is C51H30N4OS. The molecule has 4 aromatic heterocycles. The van der Waals surface area contributed by atoms with E-state index < -0.39 is 36.3 Å². The van der Waals surface area contributed by atoms with Gasteiger partial charge in [-0.25, -0.2) is 15.0 Å². The van der Waals surface area contributed by atoms with E-state index in [9.17, 15) is 2.74 Å². The molecule has 0 saturated carbocycles. The van der Waals surface area contributed by atoms with Gasteiger partial charge in [-0.2, -0.15) is 0 Å². The molecule has 0 fully saturated rings. The van der Waals surface area contributed by atoms with E-state index in [1.54, 1.807) is 11.3 Å². The Kier molecular flexibility index (Phi) is 5.04. The first kappa shape index (κ1) is 22.8. The lowest BCUT2D eigenvalue weighted by molar-refractivity contribution is 0.669. The third kappa shape index (κ3) is 4.98. The van der Waals surface area contributed by atoms with Gasteiger partial charge in [0.25, 0.3) is 0 Å². The number of thiophene rings is 1. The van der Waals surface area contributed by atoms with E-state index in [4.69, 9.17) is 31.7 Å². The predicted octanol–water partition coefficient (Wildman–Crippen LogP) is 13.9. The highest BCUT2D eigenvalue weighted by Gasteiger charge is 2.23. The van der Waals surface area contributed by atoms with Crippen LogP contribution in [0.2, 0.25) is 0 Å². The van der Waals surface area contributed by atoms with Crippen molar-refractivity contribution in [2.75, 3.05) is 0 Å². The van der Waals surface area contributed by atoms with E-state index in [0.717, 1.165) is 31.3 Å². The molecule has 0 N–H and O–H groups in total. The second-order valence-electron chi connectivity index (χ2n) is 13.5. The van der Waals surface area contributed by atoms with Gasteiger partial charge in [0.2, 0.25) is 0 Å². The van der Waals surface area contributed by atoms with Crippen molar-refractivity contribution in [1.29, 1.82) is 0 Å². The van der Waals surface area contributed by atoms with Crippen LogP contribution in [0.3, 0.4) is 0 Å². The Morgan fingerprint density at radius 2 is 1.12 bits per heavy atom. The number of fused-ring (bicyclic) bond motifs is 9. The van der Waals surface area contributed by atoms with Crippen LogP contribution in [0.1, 0.15) is 15.1 Å². The highest BCUT2D eigenvalue weighted by Crippen LogP contribution is 2.44. The van der Waals surface area contributed by atoms with Crippen molar-refractivity contribution in [3.8, 4) is 51.0 Å². The standard InChI is InChI=1S/C51H30N4OS/c1-3-15-31(16-4-1)38-29-33(30-45-46(38)36-21-9-12-28-44(36)57-45)50-52-49(32-17-5-2-6-18-32)53-51(54-50)37-22-13-26-42-47(37)48-41(25-14-27-43(48)56-42)55-39-23-10-7-19-34(39)35-20-8-11-24-40(35)55/h1-30H/i7D,8D,10D,11D,13D,14D,19D,23D,24D,26D,27D. The SMILES string of the molecule is [2H]c1cc2c3c([2H])c([2H])c([2H])c([2H])c3n(-c3cc([2H])c([2H])c4oc5c([2H])c([2H])cc(-c6nc(-c7ccccc7)nc(-c7cc(-c8ccccc8)c8c(c7)sc7ccccc78)n6)c5c34)c2c([2H])c1[2H]. The van der Waals surface area contributed by atoms with Crippen molar-refractivity contribution in [3.05, 3.63) is 182 Å². The lowest BCUT2D eigenvalue weighted by atomic mass is 9.97. The minimum atomic E-state index is -0.574. The normalized spacial score (nSPS) is 14.6. The van der Waals surface area contributed by atoms with Crippen molar-refractivity contribution in [3.63, 3.8) is 0 Å². The third-order valence-electron chi connectivity index (χ3n) is 10.3. The number of furan rings is 1. The first-order valence-electron chi connectivity index (χ1n) is 23.6. The van der Waals surface area contributed by atoms with Crippen LogP contribution in [0, 0.1) is 0 Å². The molecule has 0 aliphatic carbocycles. The van der Waals surface area contributed by atoms with Gasteiger partial charge in [0.15, 0.2) is 17.5 Å². The molecule has 0 aliphatic rings. The molecule has 0 bridgehead atoms. The fourth-order valence-electron chi connectivity index (χ4n) is 7.85. The van der Waals surface area contributed by atoms with Crippen molar-refractivity contribution < 1.29 is 19.5 Å². The number of nitrogens with zero attached hydrogens (tertiary/aromatic N) is 4. The highest BCUT2D eigenvalue weighted by atomic mass is 32.1. The number of aromatic nitrogens is 4. The number of para-hydroxylation sites is 2. The smallest absolute Gasteiger partial charge is 0.164 e. The Labute approximate surface area is 346 Å². The third-order valence-corrected chi connectivity index (χ3v) is 11.4. The monoisotopic (exact) mass is 757 g/mol. The Bertz CT molecular complexity index is 4170. The number of rotatable bonds is 5. The maximum atomic E-state index is 9.20. The Balaban J connectivity index is 1.22. The predicted molar refractivity (Wildman–Crippen MR) is 236 cm³/mol. The van der Waals surface area contributed by atoms with Gasteiger partial charge in [0.1, 0.15) is 11.2 Å². The van der Waals surface area contributed by atoms with Crippen LogP contribution in [-0.4, -0.2) is 19.5 Å². The van der Waals surface area contributed by atoms with E-state index in [1.807, 2.05) is 60.7 Å². The van der Waals surface area contributed by atoms with E-state index in [-0.39, 0.29) is 91.0 Å². The molecule has 0 saturated heterocycles. The van der Waals surface area contributed by atoms with E-state index in [2.05, 4.69) is 36.4 Å². The zero-order valence-electron chi connectivity index (χ0n) is 40.6. The Hall–Kier alpha value is -7.41. The molecule has 0 atom stereocenters. The maximum absolute atomic E-state index is 9.20. The summed E-state index contributed by atoms with van der Waals surface area (Å²) in [7, 11) is 0. The lowest BCUT2D eigenvalue weighted by Crippen LogP contribution is -2.01. The molecule has 57 heavy (non-hydrogen) atoms. The summed E-state index contributed by atoms with van der Waals surface area (Å²) in [6.07, 6.45) is 0. The average molecular weight is 758 g/mol. The van der Waals surface area contributed by atoms with Crippen LogP contribution < -0.4 is 0 Å². The topological polar surface area (TPSA) is 56.7 Å². The number of benzene rings is 8. The van der Waals surface area contributed by atoms with Crippen LogP contribution >= 0.6 is 11.3 Å². The molecule has 0 unspecified atom stereocenters. The molecule has 5 nitrogen and oxygen atoms in total. The first-order chi connectivity index (χ1) is 32.8. The fourth-order valence-corrected chi connectivity index (χ4v) is 9.02. The zero-order chi connectivity index (χ0) is 47.0. The molecule has 266 valence electrons. The van der Waals surface area contributed by atoms with Gasteiger partial charge in [-0.15, -0.1) is 11.3 Å². The summed E-state index contributed by atoms with van der Waals surface area (Å²) in [5.74, 6) is 0.680. The van der Waals surface area contributed by atoms with Gasteiger partial charge in [0, 0.05) is 53.0 Å². The van der Waals surface area contributed by atoms with Crippen LogP contribution in [-0.2, 0) is 0 Å². The molecule has 0 amide bonds. The van der Waals surface area contributed by atoms with E-state index >= 15 is 0 Å². The average Bonchev–Trinajstić information content (AvgIpc) is 4.05. The van der Waals surface area contributed by atoms with Crippen LogP contribution in [0.4, 0.5) is 0 Å². The molecule has 8 aromatic carbocycles. The lowest BCUT2D eigenvalue weighted by Gasteiger charge is -2.12. The molecular weight excluding hydrogens is 717 g/mol. The van der Waals surface area contributed by atoms with Crippen molar-refractivity contribution in [2.45, 2.75) is 0 Å². The summed E-state index contributed by atoms with van der Waals surface area (Å²) in [5.41, 5.74) is 3.10. The summed E-state index contributed by atoms with van der Waals surface area (Å²) in [4.78, 5) is 15.2. The molecule has 6 heteroatoms. The van der Waals surface area contributed by atoms with Gasteiger partial charge in [-0.1, -0.05) is 133 Å². The second-order valence-corrected chi connectivity index (χ2v) is 14.6. The number of hydrogen-bond donors (Lipinski definition) is 0. The summed E-state index contributed by atoms with van der Waals surface area (Å²) in [6.45, 7) is 0. The van der Waals surface area contributed by atoms with E-state index in [1.165, 1.54) is 22.8 Å². The zero-order valence-corrected chi connectivity index (χ0v) is 30.4. The fraction of sp³-hybridized carbons (Fsp3) is 0. The molecule has 4 heterocycles. The first-order valence-corrected chi connectivity index (χ1v) is 18.9. The summed E-state index contributed by atoms with van der Waals surface area (Å²) < 4.78 is 108. The molecule has 0 spiro atoms. The molecule has 12 rings (SSSR count). The summed E-state index contributed by atoms with van der Waals surface area (Å²) in [5, 5.41) is 2.57. The van der Waals surface area contributed by atoms with Crippen LogP contribution in [0.15, 0.2) is 186 Å². The van der Waals surface area contributed by atoms with Gasteiger partial charge >= 0.3 is 0 Å². The largest absolute Gasteiger partial charge is 0.456 e. The summed E-state index contributed by atoms with van der Waals surface area (Å²) in [6, 6.07) is 31.2. The number of hydrogen-bond acceptors (Lipinski definition) is 5. The van der Waals surface area contributed by atoms with Crippen molar-refractivity contribution in [1.82, 2.24) is 19.5 Å². The van der Waals surface area contributed by atoms with Gasteiger partial charge in [-0.3, -0.25) is 0 Å². The van der Waals surface area contributed by atoms with E-state index in [0.29, 0.717) is 22.8 Å². The highest BCUT2D eigenvalue weighted by molar-refractivity contribution is 7.26. The summed E-state index contributed by atoms with van der Waals surface area (Å²) >= 11 is 1.65. The van der Waals surface area contributed by atoms with Crippen molar-refractivity contribution >= 4 is 75.3 Å². The van der Waals surface area contributed by atoms with Gasteiger partial charge in [-0.05, 0) is 59.6 Å². The minimum absolute atomic E-state index is 0.00892. The molecule has 12 aromatic rings. The quantitative estimate of drug-likeness (QED) is 0.175. The Morgan fingerprint density at radius 3 is 1.96 bits per heavy atom. The second kappa shape index (κ2) is 12.6. The van der Waals surface area contributed by atoms with Gasteiger partial charge < -0.3 is 8.98 Å². The van der Waals surface area contributed by atoms with Crippen LogP contribution in [0.25, 0.3) is 115 Å². The van der Waals surface area contributed by atoms with Gasteiger partial charge in [0.05, 0.1) is 37.2 Å². The van der Waals surface area contributed by atoms with Crippen LogP contribution in [0.5, 0.6) is 0 Å². The molecule has 0 radical (unpaired) electrons. The minimum Gasteiger partial charge on any atom is -0.456 e. The maximum Gasteiger partial charge on any atom is 0.164 e. The van der Waals surface area contributed by atoms with Crippen molar-refractivity contribution in [2.24, 2.45) is 0 Å². The Morgan fingerprint density at radius 1 is 0.456 bits per heavy atom.